The van der Waals surface area contributed by atoms with Gasteiger partial charge in [-0.1, -0.05) is 24.4 Å². The van der Waals surface area contributed by atoms with Gasteiger partial charge in [-0.3, -0.25) is 0 Å². The molecule has 8 heteroatoms. The van der Waals surface area contributed by atoms with Crippen molar-refractivity contribution in [3.05, 3.63) is 45.9 Å². The Morgan fingerprint density at radius 2 is 2.05 bits per heavy atom. The molecule has 1 aromatic carbocycles. The summed E-state index contributed by atoms with van der Waals surface area (Å²) in [4.78, 5) is 5.59. The Labute approximate surface area is 133 Å². The Balaban J connectivity index is 2.08. The van der Waals surface area contributed by atoms with Gasteiger partial charge in [-0.2, -0.15) is 0 Å². The molecule has 0 radical (unpaired) electrons. The normalized spacial score (nSPS) is 11.5. The fourth-order valence-corrected chi connectivity index (χ4v) is 3.70. The van der Waals surface area contributed by atoms with Crippen molar-refractivity contribution in [2.45, 2.75) is 24.8 Å². The van der Waals surface area contributed by atoms with E-state index in [1.807, 2.05) is 6.92 Å². The van der Waals surface area contributed by atoms with Crippen LogP contribution in [0.5, 0.6) is 0 Å². The molecule has 0 unspecified atom stereocenters. The van der Waals surface area contributed by atoms with Gasteiger partial charge in [-0.25, -0.2) is 18.1 Å². The van der Waals surface area contributed by atoms with E-state index in [-0.39, 0.29) is 11.4 Å². The van der Waals surface area contributed by atoms with Gasteiger partial charge in [0.2, 0.25) is 10.0 Å². The van der Waals surface area contributed by atoms with Crippen molar-refractivity contribution < 1.29 is 8.42 Å². The highest BCUT2D eigenvalue weighted by Crippen LogP contribution is 2.15. The lowest BCUT2D eigenvalue weighted by Gasteiger charge is -2.07. The Morgan fingerprint density at radius 1 is 1.38 bits per heavy atom. The minimum atomic E-state index is -3.53. The quantitative estimate of drug-likeness (QED) is 0.782. The van der Waals surface area contributed by atoms with Crippen molar-refractivity contribution in [1.82, 2.24) is 9.71 Å². The molecule has 1 aromatic heterocycles. The number of thiazole rings is 1. The van der Waals surface area contributed by atoms with Crippen molar-refractivity contribution in [3.63, 3.8) is 0 Å². The maximum absolute atomic E-state index is 12.2. The Bertz CT molecular complexity index is 736. The van der Waals surface area contributed by atoms with E-state index in [1.54, 1.807) is 29.8 Å². The molecular weight excluding hydrogens is 326 g/mol. The third-order valence-corrected chi connectivity index (χ3v) is 5.38. The van der Waals surface area contributed by atoms with Crippen LogP contribution in [-0.2, 0) is 23.0 Å². The second-order valence-corrected chi connectivity index (χ2v) is 7.70. The molecule has 1 heterocycles. The molecule has 0 saturated heterocycles. The average molecular weight is 341 g/mol. The first-order valence-corrected chi connectivity index (χ1v) is 8.91. The maximum Gasteiger partial charge on any atom is 0.240 e. The molecule has 112 valence electrons. The van der Waals surface area contributed by atoms with Gasteiger partial charge in [0.05, 0.1) is 21.1 Å². The largest absolute Gasteiger partial charge is 0.393 e. The molecule has 0 fully saturated rings. The summed E-state index contributed by atoms with van der Waals surface area (Å²) in [6.07, 6.45) is 0.461. The third-order valence-electron chi connectivity index (χ3n) is 2.88. The predicted octanol–water partition coefficient (Wildman–Crippen LogP) is 1.76. The number of benzene rings is 1. The maximum atomic E-state index is 12.2. The molecule has 0 saturated carbocycles. The van der Waals surface area contributed by atoms with Crippen LogP contribution in [-0.4, -0.2) is 18.4 Å². The van der Waals surface area contributed by atoms with Gasteiger partial charge in [0, 0.05) is 17.8 Å². The molecule has 5 nitrogen and oxygen atoms in total. The van der Waals surface area contributed by atoms with Gasteiger partial charge >= 0.3 is 0 Å². The van der Waals surface area contributed by atoms with E-state index in [1.165, 1.54) is 11.3 Å². The first kappa shape index (κ1) is 16.0. The fraction of sp³-hybridized carbons (Fsp3) is 0.231. The van der Waals surface area contributed by atoms with Crippen molar-refractivity contribution in [1.29, 1.82) is 0 Å². The van der Waals surface area contributed by atoms with Crippen LogP contribution in [0.2, 0.25) is 0 Å². The van der Waals surface area contributed by atoms with Crippen molar-refractivity contribution in [2.75, 3.05) is 0 Å². The van der Waals surface area contributed by atoms with E-state index < -0.39 is 10.0 Å². The summed E-state index contributed by atoms with van der Waals surface area (Å²) in [5.41, 5.74) is 8.89. The lowest BCUT2D eigenvalue weighted by molar-refractivity contribution is 0.581. The number of aryl methyl sites for hydroxylation is 1. The van der Waals surface area contributed by atoms with Gasteiger partial charge < -0.3 is 5.73 Å². The second-order valence-electron chi connectivity index (χ2n) is 4.47. The van der Waals surface area contributed by atoms with E-state index in [0.29, 0.717) is 11.4 Å². The van der Waals surface area contributed by atoms with Gasteiger partial charge in [0.25, 0.3) is 0 Å². The van der Waals surface area contributed by atoms with Crippen LogP contribution in [0.4, 0.5) is 0 Å². The number of nitrogens with zero attached hydrogens (tertiary/aromatic N) is 1. The molecule has 0 aliphatic rings. The smallest absolute Gasteiger partial charge is 0.240 e. The minimum absolute atomic E-state index is 0.219. The summed E-state index contributed by atoms with van der Waals surface area (Å²) in [7, 11) is -3.53. The summed E-state index contributed by atoms with van der Waals surface area (Å²) < 4.78 is 27.0. The SMILES string of the molecule is Cc1ncsc1CNS(=O)(=O)c1ccc(CC(N)=S)cc1. The Kier molecular flexibility index (Phi) is 5.04. The van der Waals surface area contributed by atoms with Crippen LogP contribution < -0.4 is 10.5 Å². The summed E-state index contributed by atoms with van der Waals surface area (Å²) in [6, 6.07) is 6.53. The lowest BCUT2D eigenvalue weighted by Crippen LogP contribution is -2.23. The minimum Gasteiger partial charge on any atom is -0.393 e. The molecule has 0 aliphatic heterocycles. The number of nitrogens with two attached hydrogens (primary N) is 1. The highest BCUT2D eigenvalue weighted by Gasteiger charge is 2.14. The van der Waals surface area contributed by atoms with Gasteiger partial charge in [0.15, 0.2) is 0 Å². The van der Waals surface area contributed by atoms with Crippen molar-refractivity contribution >= 4 is 38.6 Å². The fourth-order valence-electron chi connectivity index (χ4n) is 1.73. The number of thiocarbonyl (C=S) groups is 1. The molecule has 0 atom stereocenters. The molecule has 21 heavy (non-hydrogen) atoms. The zero-order valence-corrected chi connectivity index (χ0v) is 13.8. The van der Waals surface area contributed by atoms with E-state index in [4.69, 9.17) is 18.0 Å². The number of hydrogen-bond acceptors (Lipinski definition) is 5. The van der Waals surface area contributed by atoms with E-state index in [9.17, 15) is 8.42 Å². The predicted molar refractivity (Wildman–Crippen MR) is 87.8 cm³/mol. The molecule has 3 N–H and O–H groups in total. The lowest BCUT2D eigenvalue weighted by atomic mass is 10.1. The molecule has 0 spiro atoms. The summed E-state index contributed by atoms with van der Waals surface area (Å²) in [6.45, 7) is 2.10. The monoisotopic (exact) mass is 341 g/mol. The molecule has 2 aromatic rings. The van der Waals surface area contributed by atoms with E-state index in [0.717, 1.165) is 16.1 Å². The number of aromatic nitrogens is 1. The number of hydrogen-bond donors (Lipinski definition) is 2. The van der Waals surface area contributed by atoms with Gasteiger partial charge in [-0.15, -0.1) is 11.3 Å². The van der Waals surface area contributed by atoms with Crippen LogP contribution in [0.15, 0.2) is 34.7 Å². The summed E-state index contributed by atoms with van der Waals surface area (Å²) in [5.74, 6) is 0. The number of sulfonamides is 1. The molecular formula is C13H15N3O2S3. The van der Waals surface area contributed by atoms with Gasteiger partial charge in [-0.05, 0) is 24.6 Å². The Hall–Kier alpha value is -1.35. The molecule has 0 aliphatic carbocycles. The standard InChI is InChI=1S/C13H15N3O2S3/c1-9-12(20-8-15-9)7-16-21(17,18)11-4-2-10(3-5-11)6-13(14)19/h2-5,8,16H,6-7H2,1H3,(H2,14,19). The zero-order valence-electron chi connectivity index (χ0n) is 11.4. The average Bonchev–Trinajstić information content (AvgIpc) is 2.82. The van der Waals surface area contributed by atoms with Gasteiger partial charge in [0.1, 0.15) is 0 Å². The Morgan fingerprint density at radius 3 is 2.57 bits per heavy atom. The highest BCUT2D eigenvalue weighted by atomic mass is 32.2. The molecule has 0 amide bonds. The first-order valence-electron chi connectivity index (χ1n) is 6.14. The summed E-state index contributed by atoms with van der Waals surface area (Å²) in [5, 5.41) is 0. The van der Waals surface area contributed by atoms with E-state index in [2.05, 4.69) is 9.71 Å². The topological polar surface area (TPSA) is 85.1 Å². The van der Waals surface area contributed by atoms with Crippen LogP contribution in [0.3, 0.4) is 0 Å². The van der Waals surface area contributed by atoms with Crippen LogP contribution in [0.1, 0.15) is 16.1 Å². The molecule has 2 rings (SSSR count). The second kappa shape index (κ2) is 6.61. The molecule has 0 bridgehead atoms. The van der Waals surface area contributed by atoms with Crippen LogP contribution in [0.25, 0.3) is 0 Å². The van der Waals surface area contributed by atoms with Crippen LogP contribution >= 0.6 is 23.6 Å². The first-order chi connectivity index (χ1) is 9.88. The zero-order chi connectivity index (χ0) is 15.5. The third kappa shape index (κ3) is 4.31. The summed E-state index contributed by atoms with van der Waals surface area (Å²) >= 11 is 6.25. The van der Waals surface area contributed by atoms with E-state index >= 15 is 0 Å². The highest BCUT2D eigenvalue weighted by molar-refractivity contribution is 7.89. The number of rotatable bonds is 6. The number of nitrogens with one attached hydrogen (secondary N) is 1. The van der Waals surface area contributed by atoms with Crippen molar-refractivity contribution in [2.24, 2.45) is 5.73 Å². The van der Waals surface area contributed by atoms with Crippen LogP contribution in [0, 0.1) is 6.92 Å². The van der Waals surface area contributed by atoms with Crippen molar-refractivity contribution in [3.8, 4) is 0 Å².